The second kappa shape index (κ2) is 5.52. The van der Waals surface area contributed by atoms with Crippen molar-refractivity contribution in [2.75, 3.05) is 14.2 Å². The molecular weight excluding hydrogens is 285 g/mol. The molecule has 112 valence electrons. The monoisotopic (exact) mass is 299 g/mol. The molecule has 1 heterocycles. The van der Waals surface area contributed by atoms with Crippen molar-refractivity contribution in [3.63, 3.8) is 0 Å². The van der Waals surface area contributed by atoms with Gasteiger partial charge in [-0.05, 0) is 29.8 Å². The molecule has 22 heavy (non-hydrogen) atoms. The maximum atomic E-state index is 13.8. The van der Waals surface area contributed by atoms with Crippen molar-refractivity contribution >= 4 is 10.9 Å². The summed E-state index contributed by atoms with van der Waals surface area (Å²) >= 11 is 0. The quantitative estimate of drug-likeness (QED) is 0.807. The molecule has 0 saturated heterocycles. The van der Waals surface area contributed by atoms with Gasteiger partial charge >= 0.3 is 0 Å². The number of pyridine rings is 1. The van der Waals surface area contributed by atoms with Gasteiger partial charge < -0.3 is 14.5 Å². The van der Waals surface area contributed by atoms with Crippen LogP contribution < -0.4 is 14.9 Å². The third kappa shape index (κ3) is 2.30. The third-order valence-electron chi connectivity index (χ3n) is 3.55. The van der Waals surface area contributed by atoms with Gasteiger partial charge in [0.15, 0.2) is 17.0 Å². The first kappa shape index (κ1) is 14.1. The maximum Gasteiger partial charge on any atom is 0.197 e. The van der Waals surface area contributed by atoms with Crippen LogP contribution in [-0.2, 0) is 0 Å². The molecule has 0 aliphatic heterocycles. The zero-order valence-corrected chi connectivity index (χ0v) is 12.1. The Labute approximate surface area is 126 Å². The molecule has 0 radical (unpaired) electrons. The van der Waals surface area contributed by atoms with Crippen LogP contribution in [-0.4, -0.2) is 19.2 Å². The Balaban J connectivity index is 2.18. The molecule has 1 aromatic heterocycles. The molecule has 0 fully saturated rings. The molecule has 4 nitrogen and oxygen atoms in total. The first-order valence-electron chi connectivity index (χ1n) is 6.67. The lowest BCUT2D eigenvalue weighted by Crippen LogP contribution is -2.06. The van der Waals surface area contributed by atoms with Gasteiger partial charge in [0.2, 0.25) is 0 Å². The number of rotatable bonds is 3. The molecule has 1 N–H and O–H groups in total. The fourth-order valence-electron chi connectivity index (χ4n) is 2.38. The van der Waals surface area contributed by atoms with Gasteiger partial charge in [0.25, 0.3) is 0 Å². The summed E-state index contributed by atoms with van der Waals surface area (Å²) < 4.78 is 23.8. The largest absolute Gasteiger partial charge is 0.497 e. The van der Waals surface area contributed by atoms with Gasteiger partial charge in [-0.2, -0.15) is 0 Å². The first-order valence-corrected chi connectivity index (χ1v) is 6.67. The molecule has 0 aliphatic rings. The zero-order valence-electron chi connectivity index (χ0n) is 12.1. The van der Waals surface area contributed by atoms with Crippen molar-refractivity contribution in [3.05, 3.63) is 58.6 Å². The van der Waals surface area contributed by atoms with Crippen LogP contribution in [0.4, 0.5) is 4.39 Å². The second-order valence-corrected chi connectivity index (χ2v) is 4.79. The number of ether oxygens (including phenoxy) is 2. The predicted octanol–water partition coefficient (Wildman–Crippen LogP) is 3.35. The van der Waals surface area contributed by atoms with E-state index < -0.39 is 5.82 Å². The summed E-state index contributed by atoms with van der Waals surface area (Å²) in [7, 11) is 2.96. The van der Waals surface area contributed by atoms with Crippen molar-refractivity contribution in [1.82, 2.24) is 4.98 Å². The normalized spacial score (nSPS) is 10.7. The zero-order chi connectivity index (χ0) is 15.7. The smallest absolute Gasteiger partial charge is 0.197 e. The molecule has 2 aromatic carbocycles. The van der Waals surface area contributed by atoms with Crippen LogP contribution in [0.5, 0.6) is 11.5 Å². The second-order valence-electron chi connectivity index (χ2n) is 4.79. The Morgan fingerprint density at radius 1 is 1.05 bits per heavy atom. The molecule has 0 saturated carbocycles. The van der Waals surface area contributed by atoms with Crippen LogP contribution in [0, 0.1) is 5.82 Å². The van der Waals surface area contributed by atoms with E-state index in [2.05, 4.69) is 4.98 Å². The average Bonchev–Trinajstić information content (AvgIpc) is 2.54. The Hall–Kier alpha value is -2.82. The Kier molecular flexibility index (Phi) is 3.55. The molecule has 0 aliphatic carbocycles. The SMILES string of the molecule is COc1ccc2c(=O)c(-c3ccc(OC)c(F)c3)c[nH]c2c1. The van der Waals surface area contributed by atoms with E-state index in [1.165, 1.54) is 19.2 Å². The maximum absolute atomic E-state index is 13.8. The number of hydrogen-bond donors (Lipinski definition) is 1. The summed E-state index contributed by atoms with van der Waals surface area (Å²) in [4.78, 5) is 15.6. The molecule has 5 heteroatoms. The highest BCUT2D eigenvalue weighted by Gasteiger charge is 2.11. The molecule has 0 amide bonds. The number of methoxy groups -OCH3 is 2. The number of hydrogen-bond acceptors (Lipinski definition) is 3. The van der Waals surface area contributed by atoms with Crippen LogP contribution in [0.3, 0.4) is 0 Å². The molecular formula is C17H14FNO3. The van der Waals surface area contributed by atoms with Gasteiger partial charge in [-0.15, -0.1) is 0 Å². The van der Waals surface area contributed by atoms with Gasteiger partial charge in [0.1, 0.15) is 5.75 Å². The fourth-order valence-corrected chi connectivity index (χ4v) is 2.38. The number of aromatic amines is 1. The molecule has 0 atom stereocenters. The number of nitrogens with one attached hydrogen (secondary N) is 1. The predicted molar refractivity (Wildman–Crippen MR) is 83.1 cm³/mol. The number of fused-ring (bicyclic) bond motifs is 1. The fraction of sp³-hybridized carbons (Fsp3) is 0.118. The molecule has 0 bridgehead atoms. The first-order chi connectivity index (χ1) is 10.6. The van der Waals surface area contributed by atoms with Crippen LogP contribution in [0.1, 0.15) is 0 Å². The number of halogens is 1. The number of benzene rings is 2. The van der Waals surface area contributed by atoms with E-state index >= 15 is 0 Å². The van der Waals surface area contributed by atoms with Crippen molar-refractivity contribution in [2.24, 2.45) is 0 Å². The highest BCUT2D eigenvalue weighted by atomic mass is 19.1. The summed E-state index contributed by atoms with van der Waals surface area (Å²) in [6, 6.07) is 9.60. The van der Waals surface area contributed by atoms with Gasteiger partial charge in [-0.3, -0.25) is 4.79 Å². The van der Waals surface area contributed by atoms with Gasteiger partial charge in [-0.1, -0.05) is 6.07 Å². The Bertz CT molecular complexity index is 902. The molecule has 3 rings (SSSR count). The average molecular weight is 299 g/mol. The van der Waals surface area contributed by atoms with Crippen molar-refractivity contribution in [2.45, 2.75) is 0 Å². The van der Waals surface area contributed by atoms with Gasteiger partial charge in [0.05, 0.1) is 19.7 Å². The topological polar surface area (TPSA) is 51.3 Å². The van der Waals surface area contributed by atoms with E-state index in [1.807, 2.05) is 0 Å². The van der Waals surface area contributed by atoms with E-state index in [0.717, 1.165) is 0 Å². The summed E-state index contributed by atoms with van der Waals surface area (Å²) in [6.45, 7) is 0. The molecule has 3 aromatic rings. The molecule has 0 spiro atoms. The minimum Gasteiger partial charge on any atom is -0.497 e. The van der Waals surface area contributed by atoms with Gasteiger partial charge in [-0.25, -0.2) is 4.39 Å². The minimum absolute atomic E-state index is 0.144. The van der Waals surface area contributed by atoms with Crippen molar-refractivity contribution < 1.29 is 13.9 Å². The van der Waals surface area contributed by atoms with E-state index in [1.54, 1.807) is 37.6 Å². The van der Waals surface area contributed by atoms with Crippen molar-refractivity contribution in [3.8, 4) is 22.6 Å². The highest BCUT2D eigenvalue weighted by Crippen LogP contribution is 2.25. The summed E-state index contributed by atoms with van der Waals surface area (Å²) in [5.74, 6) is 0.298. The standard InChI is InChI=1S/C17H14FNO3/c1-21-11-4-5-12-15(8-11)19-9-13(17(12)20)10-3-6-16(22-2)14(18)7-10/h3-9H,1-2H3,(H,19,20). The minimum atomic E-state index is -0.505. The lowest BCUT2D eigenvalue weighted by Gasteiger charge is -2.07. The lowest BCUT2D eigenvalue weighted by molar-refractivity contribution is 0.386. The van der Waals surface area contributed by atoms with Crippen LogP contribution in [0.15, 0.2) is 47.4 Å². The van der Waals surface area contributed by atoms with E-state index in [4.69, 9.17) is 9.47 Å². The number of aromatic nitrogens is 1. The van der Waals surface area contributed by atoms with Crippen LogP contribution >= 0.6 is 0 Å². The van der Waals surface area contributed by atoms with E-state index in [0.29, 0.717) is 27.8 Å². The highest BCUT2D eigenvalue weighted by molar-refractivity contribution is 5.84. The Morgan fingerprint density at radius 2 is 1.86 bits per heavy atom. The van der Waals surface area contributed by atoms with Crippen molar-refractivity contribution in [1.29, 1.82) is 0 Å². The van der Waals surface area contributed by atoms with E-state index in [9.17, 15) is 9.18 Å². The third-order valence-corrected chi connectivity index (χ3v) is 3.55. The molecule has 0 unspecified atom stereocenters. The lowest BCUT2D eigenvalue weighted by atomic mass is 10.0. The van der Waals surface area contributed by atoms with Gasteiger partial charge in [0, 0.05) is 23.2 Å². The Morgan fingerprint density at radius 3 is 2.55 bits per heavy atom. The number of H-pyrrole nitrogens is 1. The summed E-state index contributed by atoms with van der Waals surface area (Å²) in [5.41, 5.74) is 1.40. The summed E-state index contributed by atoms with van der Waals surface area (Å²) in [6.07, 6.45) is 1.57. The van der Waals surface area contributed by atoms with Crippen LogP contribution in [0.2, 0.25) is 0 Å². The van der Waals surface area contributed by atoms with E-state index in [-0.39, 0.29) is 11.2 Å². The summed E-state index contributed by atoms with van der Waals surface area (Å²) in [5, 5.41) is 0.523. The van der Waals surface area contributed by atoms with Crippen LogP contribution in [0.25, 0.3) is 22.0 Å².